The summed E-state index contributed by atoms with van der Waals surface area (Å²) < 4.78 is 59.0. The van der Waals surface area contributed by atoms with E-state index in [2.05, 4.69) is 0 Å². The molecule has 0 bridgehead atoms. The summed E-state index contributed by atoms with van der Waals surface area (Å²) in [4.78, 5) is 0. The molecule has 13 unspecified atom stereocenters. The lowest BCUT2D eigenvalue weighted by molar-refractivity contribution is -0.322. The highest BCUT2D eigenvalue weighted by atomic mass is 16.7. The Morgan fingerprint density at radius 1 is 0.313 bits per heavy atom. The van der Waals surface area contributed by atoms with Crippen LogP contribution in [0.3, 0.4) is 0 Å². The van der Waals surface area contributed by atoms with Gasteiger partial charge in [-0.1, -0.05) is 31.2 Å². The molecule has 32 nitrogen and oxygen atoms in total. The molecule has 6 aliphatic heterocycles. The second-order valence-corrected chi connectivity index (χ2v) is 20.8. The lowest BCUT2D eigenvalue weighted by Crippen LogP contribution is -2.60. The van der Waals surface area contributed by atoms with Crippen molar-refractivity contribution in [2.75, 3.05) is 26.4 Å². The molecule has 2 aromatic rings. The maximum absolute atomic E-state index is 10.1. The fourth-order valence-electron chi connectivity index (χ4n) is 9.24. The Balaban J connectivity index is 0.000000203. The summed E-state index contributed by atoms with van der Waals surface area (Å²) in [7, 11) is 0. The molecule has 6 saturated heterocycles. The molecule has 83 heavy (non-hydrogen) atoms. The highest BCUT2D eigenvalue weighted by Crippen LogP contribution is 2.31. The minimum Gasteiger partial charge on any atom is -0.465 e. The largest absolute Gasteiger partial charge is 0.465 e. The van der Waals surface area contributed by atoms with Gasteiger partial charge in [-0.3, -0.25) is 0 Å². The maximum atomic E-state index is 10.1. The van der Waals surface area contributed by atoms with Crippen LogP contribution in [0.2, 0.25) is 0 Å². The topological polar surface area (TPSA) is 526 Å². The first kappa shape index (κ1) is 68.9. The normalized spacial score (nSPS) is 44.8. The lowest BCUT2D eigenvalue weighted by atomic mass is 9.92. The fourth-order valence-corrected chi connectivity index (χ4v) is 9.24. The van der Waals surface area contributed by atoms with Crippen LogP contribution in [0, 0.1) is 5.92 Å². The molecule has 0 aliphatic carbocycles. The van der Waals surface area contributed by atoms with E-state index in [0.717, 1.165) is 0 Å². The summed E-state index contributed by atoms with van der Waals surface area (Å²) in [5.41, 5.74) is 1.35. The van der Waals surface area contributed by atoms with Crippen LogP contribution in [0.25, 0.3) is 0 Å². The molecule has 0 amide bonds. The zero-order valence-electron chi connectivity index (χ0n) is 45.1. The van der Waals surface area contributed by atoms with Crippen molar-refractivity contribution in [2.24, 2.45) is 5.92 Å². The molecule has 30 atom stereocenters. The molecular formula is C51H80O32. The van der Waals surface area contributed by atoms with E-state index in [1.54, 1.807) is 62.4 Å². The van der Waals surface area contributed by atoms with E-state index >= 15 is 0 Å². The molecule has 6 fully saturated rings. The number of hydrogen-bond donors (Lipinski definition) is 21. The molecule has 32 heteroatoms. The average Bonchev–Trinajstić information content (AvgIpc) is 3.69. The second-order valence-electron chi connectivity index (χ2n) is 20.8. The van der Waals surface area contributed by atoms with Crippen LogP contribution in [0.5, 0.6) is 11.5 Å². The van der Waals surface area contributed by atoms with Crippen molar-refractivity contribution in [3.63, 3.8) is 0 Å². The molecular weight excluding hydrogens is 1120 g/mol. The summed E-state index contributed by atoms with van der Waals surface area (Å²) >= 11 is 0. The van der Waals surface area contributed by atoms with Gasteiger partial charge in [-0.2, -0.15) is 0 Å². The Morgan fingerprint density at radius 2 is 0.639 bits per heavy atom. The SMILES string of the molecule is CC1O[C@@H](OCC2OC(O)C(O)[C@@H](O)[C@@H]2O)C(O)[C@@H](O)[C@@H]1O.CC1O[C@@H](Oc2ccc(CO[C@@H]3OC(CO)[C@@H](O)[C@H](O)C3O)cc2)C(O)[C@@H](O)[C@@H]1O.CC1[C@@H](Oc2ccc(CO[C@@H]3OC(CO)[C@@H](O)[C@H](O)C3O)cc2)OC(CO)[C@@H](O)[C@@H]1O. The molecule has 21 N–H and O–H groups in total. The summed E-state index contributed by atoms with van der Waals surface area (Å²) in [6.07, 6.45) is -37.6. The Hall–Kier alpha value is -3.16. The molecule has 6 heterocycles. The number of hydrogen-bond acceptors (Lipinski definition) is 32. The van der Waals surface area contributed by atoms with Gasteiger partial charge >= 0.3 is 0 Å². The fraction of sp³-hybridized carbons (Fsp3) is 0.765. The van der Waals surface area contributed by atoms with Gasteiger partial charge in [0.05, 0.1) is 58.0 Å². The lowest BCUT2D eigenvalue weighted by Gasteiger charge is -2.41. The van der Waals surface area contributed by atoms with Crippen LogP contribution in [0.1, 0.15) is 31.9 Å². The van der Waals surface area contributed by atoms with Gasteiger partial charge in [0.1, 0.15) is 134 Å². The Morgan fingerprint density at radius 3 is 1.06 bits per heavy atom. The number of aliphatic hydroxyl groups excluding tert-OH is 21. The van der Waals surface area contributed by atoms with Crippen molar-refractivity contribution >= 4 is 0 Å². The van der Waals surface area contributed by atoms with Gasteiger partial charge in [0, 0.05) is 5.92 Å². The van der Waals surface area contributed by atoms with Gasteiger partial charge in [-0.15, -0.1) is 0 Å². The summed E-state index contributed by atoms with van der Waals surface area (Å²) in [6.45, 7) is 2.76. The zero-order valence-corrected chi connectivity index (χ0v) is 45.1. The van der Waals surface area contributed by atoms with Gasteiger partial charge in [-0.25, -0.2) is 0 Å². The third kappa shape index (κ3) is 16.9. The molecule has 8 rings (SSSR count). The van der Waals surface area contributed by atoms with E-state index < -0.39 is 204 Å². The standard InChI is InChI=1S/C20H30O11.C19H28O11.C12H22O10/c1-9-14(23)15(24)12(6-21)30-19(9)29-11-4-2-10(3-5-11)8-28-20-18(27)17(26)16(25)13(7-22)31-20;1-8-12(21)14(23)17(26)19(28-8)29-10-4-2-9(3-5-10)7-27-18-16(25)15(24)13(22)11(6-20)30-18;1-3-5(13)7(15)10(18)12(21-3)20-2-4-6(14)8(16)9(17)11(19)22-4/h2-5,9,12-27H,6-8H2,1H3;2-5,8,11-26H,6-7H2,1H3;3-19H,2H2,1H3/t9?,12?,13?,14-,15-,16-,17+,18?,19+,20-;8?,11?,12-,13-,14+,15+,16?,17?,18-,19+;3?,4?,5-,6-,7+,8+,9?,10?,11?,12-/m111/s1. The summed E-state index contributed by atoms with van der Waals surface area (Å²) in [5, 5.41) is 203. The predicted octanol–water partition coefficient (Wildman–Crippen LogP) is -9.70. The van der Waals surface area contributed by atoms with Crippen LogP contribution in [-0.4, -0.2) is 312 Å². The zero-order chi connectivity index (χ0) is 61.3. The number of ether oxygens (including phenoxy) is 11. The van der Waals surface area contributed by atoms with E-state index in [0.29, 0.717) is 22.6 Å². The van der Waals surface area contributed by atoms with E-state index in [1.165, 1.54) is 6.92 Å². The predicted molar refractivity (Wildman–Crippen MR) is 268 cm³/mol. The van der Waals surface area contributed by atoms with E-state index in [9.17, 15) is 107 Å². The van der Waals surface area contributed by atoms with Gasteiger partial charge in [0.25, 0.3) is 0 Å². The van der Waals surface area contributed by atoms with Gasteiger partial charge in [-0.05, 0) is 49.2 Å². The van der Waals surface area contributed by atoms with Crippen molar-refractivity contribution in [1.82, 2.24) is 0 Å². The van der Waals surface area contributed by atoms with Crippen molar-refractivity contribution in [2.45, 2.75) is 212 Å². The van der Waals surface area contributed by atoms with E-state index in [-0.39, 0.29) is 19.8 Å². The van der Waals surface area contributed by atoms with Crippen LogP contribution in [0.4, 0.5) is 0 Å². The van der Waals surface area contributed by atoms with Crippen LogP contribution < -0.4 is 9.47 Å². The summed E-state index contributed by atoms with van der Waals surface area (Å²) in [6, 6.07) is 13.1. The number of rotatable bonds is 16. The third-order valence-corrected chi connectivity index (χ3v) is 14.8. The first-order chi connectivity index (χ1) is 39.2. The van der Waals surface area contributed by atoms with Gasteiger partial charge in [0.15, 0.2) is 25.2 Å². The van der Waals surface area contributed by atoms with E-state index in [4.69, 9.17) is 52.1 Å². The quantitative estimate of drug-likeness (QED) is 0.0742. The van der Waals surface area contributed by atoms with Crippen molar-refractivity contribution in [3.8, 4) is 11.5 Å². The molecule has 0 radical (unpaired) electrons. The first-order valence-electron chi connectivity index (χ1n) is 26.6. The molecule has 0 spiro atoms. The van der Waals surface area contributed by atoms with E-state index in [1.807, 2.05) is 0 Å². The van der Waals surface area contributed by atoms with Gasteiger partial charge in [0.2, 0.25) is 12.6 Å². The van der Waals surface area contributed by atoms with Crippen molar-refractivity contribution < 1.29 is 159 Å². The smallest absolute Gasteiger partial charge is 0.229 e. The minimum atomic E-state index is -1.70. The monoisotopic (exact) mass is 1200 g/mol. The minimum absolute atomic E-state index is 0.00648. The van der Waals surface area contributed by atoms with Crippen LogP contribution >= 0.6 is 0 Å². The molecule has 6 aliphatic rings. The Bertz CT molecular complexity index is 2150. The molecule has 476 valence electrons. The number of aliphatic hydroxyl groups is 21. The molecule has 2 aromatic carbocycles. The van der Waals surface area contributed by atoms with Crippen molar-refractivity contribution in [3.05, 3.63) is 59.7 Å². The van der Waals surface area contributed by atoms with Gasteiger partial charge < -0.3 is 159 Å². The van der Waals surface area contributed by atoms with Crippen molar-refractivity contribution in [1.29, 1.82) is 0 Å². The van der Waals surface area contributed by atoms with Crippen LogP contribution in [0.15, 0.2) is 48.5 Å². The number of benzene rings is 2. The highest BCUT2D eigenvalue weighted by Gasteiger charge is 2.49. The molecule has 0 saturated carbocycles. The summed E-state index contributed by atoms with van der Waals surface area (Å²) in [5.74, 6) is 0.229. The Kier molecular flexibility index (Phi) is 25.9. The first-order valence-corrected chi connectivity index (χ1v) is 26.6. The third-order valence-electron chi connectivity index (χ3n) is 14.8. The van der Waals surface area contributed by atoms with Crippen LogP contribution in [-0.2, 0) is 55.8 Å². The Labute approximate surface area is 474 Å². The maximum Gasteiger partial charge on any atom is 0.229 e. The second kappa shape index (κ2) is 31.1. The molecule has 0 aromatic heterocycles. The highest BCUT2D eigenvalue weighted by molar-refractivity contribution is 5.28. The average molecular weight is 1210 g/mol.